The van der Waals surface area contributed by atoms with Gasteiger partial charge in [0.15, 0.2) is 0 Å². The Hall–Kier alpha value is -1.07. The maximum absolute atomic E-state index is 12.2. The summed E-state index contributed by atoms with van der Waals surface area (Å²) < 4.78 is 1.45. The van der Waals surface area contributed by atoms with Crippen LogP contribution < -0.4 is 15.8 Å². The Kier molecular flexibility index (Phi) is 4.47. The van der Waals surface area contributed by atoms with Gasteiger partial charge < -0.3 is 10.2 Å². The average molecular weight is 285 g/mol. The van der Waals surface area contributed by atoms with Crippen LogP contribution in [0.2, 0.25) is 5.02 Å². The molecule has 0 radical (unpaired) electrons. The Morgan fingerprint density at radius 3 is 2.95 bits per heavy atom. The molecule has 0 saturated carbocycles. The third-order valence-electron chi connectivity index (χ3n) is 3.21. The lowest BCUT2D eigenvalue weighted by molar-refractivity contribution is 0.459. The van der Waals surface area contributed by atoms with Gasteiger partial charge in [-0.1, -0.05) is 25.4 Å². The molecule has 1 aromatic heterocycles. The van der Waals surface area contributed by atoms with Crippen LogP contribution >= 0.6 is 11.6 Å². The molecule has 0 spiro atoms. The summed E-state index contributed by atoms with van der Waals surface area (Å²) in [7, 11) is 0. The van der Waals surface area contributed by atoms with Crippen LogP contribution in [0.4, 0.5) is 5.69 Å². The smallest absolute Gasteiger partial charge is 0.287 e. The van der Waals surface area contributed by atoms with E-state index in [1.54, 1.807) is 6.20 Å². The second-order valence-corrected chi connectivity index (χ2v) is 5.90. The van der Waals surface area contributed by atoms with Crippen LogP contribution in [0.1, 0.15) is 20.8 Å². The molecule has 6 heteroatoms. The van der Waals surface area contributed by atoms with Crippen molar-refractivity contribution in [3.8, 4) is 0 Å². The minimum absolute atomic E-state index is 0.195. The van der Waals surface area contributed by atoms with E-state index in [-0.39, 0.29) is 10.6 Å². The summed E-state index contributed by atoms with van der Waals surface area (Å²) in [5, 5.41) is 7.88. The van der Waals surface area contributed by atoms with E-state index >= 15 is 0 Å². The summed E-state index contributed by atoms with van der Waals surface area (Å²) >= 11 is 6.23. The Bertz CT molecular complexity index is 500. The van der Waals surface area contributed by atoms with Gasteiger partial charge in [0, 0.05) is 32.2 Å². The van der Waals surface area contributed by atoms with Crippen LogP contribution in [0, 0.1) is 5.92 Å². The highest BCUT2D eigenvalue weighted by molar-refractivity contribution is 6.33. The van der Waals surface area contributed by atoms with Crippen molar-refractivity contribution in [2.24, 2.45) is 5.92 Å². The molecule has 1 N–H and O–H groups in total. The molecule has 106 valence electrons. The summed E-state index contributed by atoms with van der Waals surface area (Å²) in [6.45, 7) is 9.40. The van der Waals surface area contributed by atoms with Gasteiger partial charge in [0.25, 0.3) is 5.56 Å². The van der Waals surface area contributed by atoms with Gasteiger partial charge in [-0.15, -0.1) is 0 Å². The third-order valence-corrected chi connectivity index (χ3v) is 3.57. The number of nitrogens with zero attached hydrogens (tertiary/aromatic N) is 3. The van der Waals surface area contributed by atoms with Gasteiger partial charge in [0.05, 0.1) is 11.9 Å². The van der Waals surface area contributed by atoms with Gasteiger partial charge in [0.1, 0.15) is 5.02 Å². The van der Waals surface area contributed by atoms with Crippen LogP contribution in [0.15, 0.2) is 11.0 Å². The van der Waals surface area contributed by atoms with Gasteiger partial charge in [0.2, 0.25) is 0 Å². The van der Waals surface area contributed by atoms with Crippen LogP contribution in [0.3, 0.4) is 0 Å². The zero-order valence-electron chi connectivity index (χ0n) is 11.7. The highest BCUT2D eigenvalue weighted by Crippen LogP contribution is 2.22. The Morgan fingerprint density at radius 1 is 1.58 bits per heavy atom. The summed E-state index contributed by atoms with van der Waals surface area (Å²) in [5.74, 6) is 0.367. The minimum atomic E-state index is -0.195. The molecule has 1 saturated heterocycles. The fourth-order valence-electron chi connectivity index (χ4n) is 2.30. The molecule has 1 unspecified atom stereocenters. The van der Waals surface area contributed by atoms with Crippen molar-refractivity contribution in [2.45, 2.75) is 33.4 Å². The largest absolute Gasteiger partial charge is 0.366 e. The number of halogens is 1. The zero-order chi connectivity index (χ0) is 14.0. The molecule has 1 fully saturated rings. The van der Waals surface area contributed by atoms with Crippen molar-refractivity contribution in [1.29, 1.82) is 0 Å². The Balaban J connectivity index is 2.28. The number of hydrogen-bond donors (Lipinski definition) is 1. The Morgan fingerprint density at radius 2 is 2.32 bits per heavy atom. The second-order valence-electron chi connectivity index (χ2n) is 5.53. The monoisotopic (exact) mass is 284 g/mol. The molecule has 19 heavy (non-hydrogen) atoms. The van der Waals surface area contributed by atoms with Crippen molar-refractivity contribution in [1.82, 2.24) is 15.1 Å². The number of rotatable bonds is 3. The number of hydrogen-bond acceptors (Lipinski definition) is 4. The lowest BCUT2D eigenvalue weighted by Gasteiger charge is -2.33. The number of aromatic nitrogens is 2. The summed E-state index contributed by atoms with van der Waals surface area (Å²) in [6, 6.07) is 0.392. The third kappa shape index (κ3) is 3.28. The quantitative estimate of drug-likeness (QED) is 0.910. The molecule has 0 bridgehead atoms. The maximum Gasteiger partial charge on any atom is 0.287 e. The van der Waals surface area contributed by atoms with Crippen molar-refractivity contribution in [3.63, 3.8) is 0 Å². The first-order chi connectivity index (χ1) is 8.99. The lowest BCUT2D eigenvalue weighted by Crippen LogP contribution is -2.49. The van der Waals surface area contributed by atoms with Gasteiger partial charge in [-0.3, -0.25) is 4.79 Å². The standard InChI is InChI=1S/C13H21ClN4O/c1-9(2)7-18-13(19)12(14)11(6-16-18)17-5-4-15-10(3)8-17/h6,9-10,15H,4-5,7-8H2,1-3H3. The molecule has 1 atom stereocenters. The Labute approximate surface area is 118 Å². The highest BCUT2D eigenvalue weighted by Gasteiger charge is 2.20. The molecule has 1 aromatic rings. The molecular formula is C13H21ClN4O. The number of anilines is 1. The first-order valence-corrected chi connectivity index (χ1v) is 7.10. The number of piperazine rings is 1. The van der Waals surface area contributed by atoms with E-state index in [4.69, 9.17) is 11.6 Å². The van der Waals surface area contributed by atoms with E-state index in [1.165, 1.54) is 4.68 Å². The maximum atomic E-state index is 12.2. The van der Waals surface area contributed by atoms with E-state index in [0.717, 1.165) is 25.3 Å². The van der Waals surface area contributed by atoms with E-state index in [2.05, 4.69) is 22.2 Å². The SMILES string of the molecule is CC(C)Cn1ncc(N2CCNC(C)C2)c(Cl)c1=O. The van der Waals surface area contributed by atoms with E-state index in [0.29, 0.717) is 18.5 Å². The second kappa shape index (κ2) is 5.92. The predicted octanol–water partition coefficient (Wildman–Crippen LogP) is 1.35. The van der Waals surface area contributed by atoms with Crippen LogP contribution in [-0.2, 0) is 6.54 Å². The van der Waals surface area contributed by atoms with Gasteiger partial charge >= 0.3 is 0 Å². The first kappa shape index (κ1) is 14.3. The number of nitrogens with one attached hydrogen (secondary N) is 1. The summed E-state index contributed by atoms with van der Waals surface area (Å²) in [6.07, 6.45) is 1.71. The molecule has 0 aliphatic carbocycles. The molecular weight excluding hydrogens is 264 g/mol. The minimum Gasteiger partial charge on any atom is -0.366 e. The zero-order valence-corrected chi connectivity index (χ0v) is 12.4. The van der Waals surface area contributed by atoms with Crippen LogP contribution in [0.25, 0.3) is 0 Å². The van der Waals surface area contributed by atoms with Crippen molar-refractivity contribution >= 4 is 17.3 Å². The van der Waals surface area contributed by atoms with E-state index < -0.39 is 0 Å². The topological polar surface area (TPSA) is 50.2 Å². The lowest BCUT2D eigenvalue weighted by atomic mass is 10.2. The molecule has 0 aromatic carbocycles. The highest BCUT2D eigenvalue weighted by atomic mass is 35.5. The van der Waals surface area contributed by atoms with Crippen molar-refractivity contribution < 1.29 is 0 Å². The fourth-order valence-corrected chi connectivity index (χ4v) is 2.57. The van der Waals surface area contributed by atoms with Crippen LogP contribution in [0.5, 0.6) is 0 Å². The van der Waals surface area contributed by atoms with Gasteiger partial charge in [-0.2, -0.15) is 5.10 Å². The molecule has 1 aliphatic heterocycles. The normalized spacial score (nSPS) is 20.1. The predicted molar refractivity (Wildman–Crippen MR) is 78.0 cm³/mol. The summed E-state index contributed by atoms with van der Waals surface area (Å²) in [5.41, 5.74) is 0.555. The van der Waals surface area contributed by atoms with Crippen LogP contribution in [-0.4, -0.2) is 35.5 Å². The fraction of sp³-hybridized carbons (Fsp3) is 0.692. The molecule has 2 rings (SSSR count). The summed E-state index contributed by atoms with van der Waals surface area (Å²) in [4.78, 5) is 14.3. The van der Waals surface area contributed by atoms with Crippen molar-refractivity contribution in [3.05, 3.63) is 21.6 Å². The van der Waals surface area contributed by atoms with Crippen molar-refractivity contribution in [2.75, 3.05) is 24.5 Å². The first-order valence-electron chi connectivity index (χ1n) is 6.73. The molecule has 1 aliphatic rings. The molecule has 0 amide bonds. The van der Waals surface area contributed by atoms with E-state index in [1.807, 2.05) is 13.8 Å². The molecule has 5 nitrogen and oxygen atoms in total. The average Bonchev–Trinajstić information content (AvgIpc) is 2.35. The van der Waals surface area contributed by atoms with E-state index in [9.17, 15) is 4.79 Å². The molecule has 2 heterocycles. The van der Waals surface area contributed by atoms with Gasteiger partial charge in [-0.05, 0) is 12.8 Å². The van der Waals surface area contributed by atoms with Gasteiger partial charge in [-0.25, -0.2) is 4.68 Å².